The lowest BCUT2D eigenvalue weighted by Gasteiger charge is -2.06. The summed E-state index contributed by atoms with van der Waals surface area (Å²) in [5, 5.41) is 3.35. The van der Waals surface area contributed by atoms with Crippen LogP contribution < -0.4 is 5.32 Å². The fourth-order valence-electron chi connectivity index (χ4n) is 2.29. The summed E-state index contributed by atoms with van der Waals surface area (Å²) in [4.78, 5) is 13.1. The first-order valence-corrected chi connectivity index (χ1v) is 7.73. The molecule has 21 heavy (non-hydrogen) atoms. The first kappa shape index (κ1) is 14.0. The van der Waals surface area contributed by atoms with Crippen molar-refractivity contribution in [3.8, 4) is 0 Å². The van der Waals surface area contributed by atoms with Crippen LogP contribution in [0.25, 0.3) is 11.2 Å². The maximum absolute atomic E-state index is 4.50. The lowest BCUT2D eigenvalue weighted by molar-refractivity contribution is 0.756. The van der Waals surface area contributed by atoms with Gasteiger partial charge in [0.25, 0.3) is 0 Å². The SMILES string of the molecule is CCn1c(Br)nc2c(NCCc3ccccc3)ncnc21. The van der Waals surface area contributed by atoms with E-state index in [0.717, 1.165) is 41.2 Å². The highest BCUT2D eigenvalue weighted by atomic mass is 79.9. The molecular formula is C15H16BrN5. The summed E-state index contributed by atoms with van der Waals surface area (Å²) in [6, 6.07) is 10.4. The molecule has 1 aromatic carbocycles. The Morgan fingerprint density at radius 3 is 2.76 bits per heavy atom. The van der Waals surface area contributed by atoms with E-state index in [1.54, 1.807) is 6.33 Å². The van der Waals surface area contributed by atoms with E-state index in [2.05, 4.69) is 67.4 Å². The zero-order chi connectivity index (χ0) is 14.7. The van der Waals surface area contributed by atoms with Crippen LogP contribution in [0.2, 0.25) is 0 Å². The highest BCUT2D eigenvalue weighted by molar-refractivity contribution is 9.10. The van der Waals surface area contributed by atoms with Crippen molar-refractivity contribution in [2.75, 3.05) is 11.9 Å². The number of rotatable bonds is 5. The van der Waals surface area contributed by atoms with Crippen molar-refractivity contribution in [2.45, 2.75) is 19.9 Å². The molecule has 0 radical (unpaired) electrons. The van der Waals surface area contributed by atoms with Crippen LogP contribution in [0, 0.1) is 0 Å². The van der Waals surface area contributed by atoms with Gasteiger partial charge in [0.2, 0.25) is 0 Å². The van der Waals surface area contributed by atoms with Gasteiger partial charge in [0.1, 0.15) is 6.33 Å². The van der Waals surface area contributed by atoms with E-state index in [1.807, 2.05) is 10.6 Å². The highest BCUT2D eigenvalue weighted by Crippen LogP contribution is 2.22. The van der Waals surface area contributed by atoms with Gasteiger partial charge in [0.05, 0.1) is 0 Å². The molecule has 0 saturated heterocycles. The summed E-state index contributed by atoms with van der Waals surface area (Å²) in [6.45, 7) is 3.70. The molecule has 0 aliphatic heterocycles. The molecule has 0 unspecified atom stereocenters. The van der Waals surface area contributed by atoms with Crippen LogP contribution in [0.4, 0.5) is 5.82 Å². The number of imidazole rings is 1. The summed E-state index contributed by atoms with van der Waals surface area (Å²) in [6.07, 6.45) is 2.52. The second-order valence-electron chi connectivity index (χ2n) is 4.68. The Balaban J connectivity index is 1.78. The number of anilines is 1. The molecule has 2 heterocycles. The summed E-state index contributed by atoms with van der Waals surface area (Å²) in [5.41, 5.74) is 2.96. The lowest BCUT2D eigenvalue weighted by Crippen LogP contribution is -2.07. The standard InChI is InChI=1S/C15H16BrN5/c1-2-21-14-12(20-15(21)16)13(18-10-19-14)17-9-8-11-6-4-3-5-7-11/h3-7,10H,2,8-9H2,1H3,(H,17,18,19). The van der Waals surface area contributed by atoms with Gasteiger partial charge in [0, 0.05) is 13.1 Å². The Hall–Kier alpha value is -1.95. The summed E-state index contributed by atoms with van der Waals surface area (Å²) in [5.74, 6) is 0.781. The number of nitrogens with zero attached hydrogens (tertiary/aromatic N) is 4. The number of hydrogen-bond acceptors (Lipinski definition) is 4. The molecule has 0 bridgehead atoms. The van der Waals surface area contributed by atoms with Gasteiger partial charge in [-0.05, 0) is 34.8 Å². The van der Waals surface area contributed by atoms with Crippen molar-refractivity contribution in [1.82, 2.24) is 19.5 Å². The van der Waals surface area contributed by atoms with Crippen LogP contribution in [0.3, 0.4) is 0 Å². The van der Waals surface area contributed by atoms with Gasteiger partial charge in [-0.1, -0.05) is 30.3 Å². The van der Waals surface area contributed by atoms with E-state index in [4.69, 9.17) is 0 Å². The van der Waals surface area contributed by atoms with Crippen molar-refractivity contribution in [3.63, 3.8) is 0 Å². The molecule has 3 aromatic rings. The van der Waals surface area contributed by atoms with E-state index in [0.29, 0.717) is 0 Å². The Kier molecular flexibility index (Phi) is 4.15. The molecule has 0 aliphatic rings. The quantitative estimate of drug-likeness (QED) is 0.721. The molecule has 0 spiro atoms. The molecule has 6 heteroatoms. The average Bonchev–Trinajstić information content (AvgIpc) is 2.84. The van der Waals surface area contributed by atoms with Gasteiger partial charge in [0.15, 0.2) is 21.7 Å². The van der Waals surface area contributed by atoms with Crippen LogP contribution in [0.5, 0.6) is 0 Å². The zero-order valence-electron chi connectivity index (χ0n) is 11.8. The van der Waals surface area contributed by atoms with Crippen molar-refractivity contribution >= 4 is 32.9 Å². The van der Waals surface area contributed by atoms with Crippen molar-refractivity contribution in [1.29, 1.82) is 0 Å². The predicted octanol–water partition coefficient (Wildman–Crippen LogP) is 3.26. The minimum Gasteiger partial charge on any atom is -0.368 e. The molecule has 0 aliphatic carbocycles. The van der Waals surface area contributed by atoms with Gasteiger partial charge in [-0.25, -0.2) is 15.0 Å². The summed E-state index contributed by atoms with van der Waals surface area (Å²) >= 11 is 3.47. The van der Waals surface area contributed by atoms with E-state index in [1.165, 1.54) is 5.56 Å². The van der Waals surface area contributed by atoms with E-state index >= 15 is 0 Å². The van der Waals surface area contributed by atoms with Gasteiger partial charge in [-0.15, -0.1) is 0 Å². The van der Waals surface area contributed by atoms with Crippen LogP contribution in [0.15, 0.2) is 41.4 Å². The smallest absolute Gasteiger partial charge is 0.179 e. The van der Waals surface area contributed by atoms with E-state index in [9.17, 15) is 0 Å². The average molecular weight is 346 g/mol. The number of hydrogen-bond donors (Lipinski definition) is 1. The van der Waals surface area contributed by atoms with E-state index in [-0.39, 0.29) is 0 Å². The van der Waals surface area contributed by atoms with Gasteiger partial charge in [-0.3, -0.25) is 0 Å². The summed E-state index contributed by atoms with van der Waals surface area (Å²) in [7, 11) is 0. The molecule has 0 amide bonds. The maximum atomic E-state index is 4.50. The largest absolute Gasteiger partial charge is 0.368 e. The molecule has 0 saturated carbocycles. The first-order valence-electron chi connectivity index (χ1n) is 6.94. The number of halogens is 1. The Morgan fingerprint density at radius 2 is 2.00 bits per heavy atom. The van der Waals surface area contributed by atoms with Crippen molar-refractivity contribution in [2.24, 2.45) is 0 Å². The molecule has 0 atom stereocenters. The molecular weight excluding hydrogens is 330 g/mol. The third kappa shape index (κ3) is 2.90. The van der Waals surface area contributed by atoms with Crippen LogP contribution in [0.1, 0.15) is 12.5 Å². The lowest BCUT2D eigenvalue weighted by atomic mass is 10.1. The topological polar surface area (TPSA) is 55.6 Å². The number of nitrogens with one attached hydrogen (secondary N) is 1. The van der Waals surface area contributed by atoms with Gasteiger partial charge in [-0.2, -0.15) is 0 Å². The Morgan fingerprint density at radius 1 is 1.19 bits per heavy atom. The number of fused-ring (bicyclic) bond motifs is 1. The predicted molar refractivity (Wildman–Crippen MR) is 87.3 cm³/mol. The summed E-state index contributed by atoms with van der Waals surface area (Å²) < 4.78 is 2.80. The van der Waals surface area contributed by atoms with Crippen molar-refractivity contribution < 1.29 is 0 Å². The highest BCUT2D eigenvalue weighted by Gasteiger charge is 2.12. The molecule has 3 rings (SSSR count). The molecule has 108 valence electrons. The number of benzene rings is 1. The number of aromatic nitrogens is 4. The molecule has 0 fully saturated rings. The minimum absolute atomic E-state index is 0.781. The zero-order valence-corrected chi connectivity index (χ0v) is 13.3. The minimum atomic E-state index is 0.781. The van der Waals surface area contributed by atoms with Gasteiger partial charge >= 0.3 is 0 Å². The Bertz CT molecular complexity index is 738. The second-order valence-corrected chi connectivity index (χ2v) is 5.39. The van der Waals surface area contributed by atoms with Gasteiger partial charge < -0.3 is 9.88 Å². The molecule has 2 aromatic heterocycles. The van der Waals surface area contributed by atoms with Crippen molar-refractivity contribution in [3.05, 3.63) is 47.0 Å². The number of aryl methyl sites for hydroxylation is 1. The fraction of sp³-hybridized carbons (Fsp3) is 0.267. The van der Waals surface area contributed by atoms with Crippen LogP contribution >= 0.6 is 15.9 Å². The molecule has 1 N–H and O–H groups in total. The Labute approximate surface area is 131 Å². The fourth-order valence-corrected chi connectivity index (χ4v) is 2.89. The third-order valence-electron chi connectivity index (χ3n) is 3.35. The normalized spacial score (nSPS) is 11.0. The first-order chi connectivity index (χ1) is 10.3. The molecule has 5 nitrogen and oxygen atoms in total. The second kappa shape index (κ2) is 6.22. The van der Waals surface area contributed by atoms with E-state index < -0.39 is 0 Å². The monoisotopic (exact) mass is 345 g/mol. The van der Waals surface area contributed by atoms with Crippen LogP contribution in [-0.2, 0) is 13.0 Å². The third-order valence-corrected chi connectivity index (χ3v) is 3.96. The van der Waals surface area contributed by atoms with Crippen LogP contribution in [-0.4, -0.2) is 26.1 Å². The maximum Gasteiger partial charge on any atom is 0.179 e.